The third-order valence-electron chi connectivity index (χ3n) is 5.67. The van der Waals surface area contributed by atoms with Gasteiger partial charge in [0.05, 0.1) is 21.3 Å². The molecule has 1 amide bonds. The predicted octanol–water partition coefficient (Wildman–Crippen LogP) is 3.27. The van der Waals surface area contributed by atoms with Gasteiger partial charge in [0.2, 0.25) is 15.9 Å². The largest absolute Gasteiger partial charge is 0.495 e. The number of nitrogens with one attached hydrogen (secondary N) is 2. The first-order chi connectivity index (χ1) is 17.3. The second kappa shape index (κ2) is 12.4. The van der Waals surface area contributed by atoms with E-state index in [0.29, 0.717) is 24.5 Å². The maximum Gasteiger partial charge on any atom is 0.244 e. The summed E-state index contributed by atoms with van der Waals surface area (Å²) < 4.78 is 45.0. The molecule has 0 saturated heterocycles. The smallest absolute Gasteiger partial charge is 0.244 e. The van der Waals surface area contributed by atoms with Crippen LogP contribution in [0.5, 0.6) is 17.2 Å². The maximum atomic E-state index is 13.3. The van der Waals surface area contributed by atoms with E-state index in [1.165, 1.54) is 13.2 Å². The Bertz CT molecular complexity index is 1280. The van der Waals surface area contributed by atoms with Crippen molar-refractivity contribution >= 4 is 15.9 Å². The number of ether oxygens (including phenoxy) is 3. The van der Waals surface area contributed by atoms with Crippen LogP contribution in [0.1, 0.15) is 16.7 Å². The molecule has 0 saturated carbocycles. The molecule has 0 aliphatic heterocycles. The van der Waals surface area contributed by atoms with Crippen molar-refractivity contribution in [2.24, 2.45) is 0 Å². The first-order valence-electron chi connectivity index (χ1n) is 11.5. The molecular formula is C27H32N2O6S. The fourth-order valence-electron chi connectivity index (χ4n) is 3.77. The number of aryl methyl sites for hydroxylation is 1. The van der Waals surface area contributed by atoms with E-state index in [1.807, 2.05) is 42.5 Å². The minimum atomic E-state index is -4.05. The summed E-state index contributed by atoms with van der Waals surface area (Å²) in [4.78, 5) is 13.2. The molecule has 0 aromatic heterocycles. The van der Waals surface area contributed by atoms with Gasteiger partial charge >= 0.3 is 0 Å². The average molecular weight is 513 g/mol. The summed E-state index contributed by atoms with van der Waals surface area (Å²) in [6.07, 6.45) is 0.721. The highest BCUT2D eigenvalue weighted by molar-refractivity contribution is 7.89. The van der Waals surface area contributed by atoms with Crippen LogP contribution in [0.2, 0.25) is 0 Å². The third kappa shape index (κ3) is 6.99. The van der Waals surface area contributed by atoms with Crippen molar-refractivity contribution in [2.75, 3.05) is 27.9 Å². The number of hydrogen-bond donors (Lipinski definition) is 2. The second-order valence-corrected chi connectivity index (χ2v) is 9.93. The molecule has 0 unspecified atom stereocenters. The number of carbonyl (C=O) groups excluding carboxylic acids is 1. The lowest BCUT2D eigenvalue weighted by Crippen LogP contribution is -2.48. The van der Waals surface area contributed by atoms with Gasteiger partial charge in [-0.3, -0.25) is 4.79 Å². The van der Waals surface area contributed by atoms with E-state index in [4.69, 9.17) is 14.2 Å². The fourth-order valence-corrected chi connectivity index (χ4v) is 5.22. The first kappa shape index (κ1) is 27.0. The molecule has 0 heterocycles. The van der Waals surface area contributed by atoms with Gasteiger partial charge < -0.3 is 19.5 Å². The van der Waals surface area contributed by atoms with E-state index in [9.17, 15) is 13.2 Å². The van der Waals surface area contributed by atoms with E-state index in [1.54, 1.807) is 39.3 Å². The number of carbonyl (C=O) groups is 1. The standard InChI is InChI=1S/C27H32N2O6S/c1-19-10-12-24(34-3)26(16-19)36(31,32)29-22(17-20-8-6-5-7-9-20)27(30)28-15-14-21-11-13-23(33-2)25(18-21)35-4/h5-13,16,18,22,29H,14-15,17H2,1-4H3,(H,28,30)/t22-/m1/s1. The number of amides is 1. The maximum absolute atomic E-state index is 13.3. The molecule has 0 aliphatic carbocycles. The highest BCUT2D eigenvalue weighted by Crippen LogP contribution is 2.28. The number of sulfonamides is 1. The Morgan fingerprint density at radius 2 is 1.50 bits per heavy atom. The normalized spacial score (nSPS) is 12.0. The van der Waals surface area contributed by atoms with Gasteiger partial charge in [0, 0.05) is 6.54 Å². The number of benzene rings is 3. The SMILES string of the molecule is COc1ccc(CCNC(=O)[C@@H](Cc2ccccc2)NS(=O)(=O)c2cc(C)ccc2OC)cc1OC. The van der Waals surface area contributed by atoms with Crippen LogP contribution in [0.3, 0.4) is 0 Å². The van der Waals surface area contributed by atoms with E-state index in [2.05, 4.69) is 10.0 Å². The lowest BCUT2D eigenvalue weighted by Gasteiger charge is -2.20. The molecule has 1 atom stereocenters. The molecule has 0 aliphatic rings. The van der Waals surface area contributed by atoms with Crippen LogP contribution in [0, 0.1) is 6.92 Å². The Kier molecular flexibility index (Phi) is 9.32. The molecule has 0 radical (unpaired) electrons. The molecule has 9 heteroatoms. The quantitative estimate of drug-likeness (QED) is 0.386. The summed E-state index contributed by atoms with van der Waals surface area (Å²) in [6.45, 7) is 2.11. The summed E-state index contributed by atoms with van der Waals surface area (Å²) in [5.74, 6) is 1.01. The van der Waals surface area contributed by atoms with Crippen LogP contribution in [0.25, 0.3) is 0 Å². The summed E-state index contributed by atoms with van der Waals surface area (Å²) in [5, 5.41) is 2.86. The van der Waals surface area contributed by atoms with E-state index in [-0.39, 0.29) is 17.1 Å². The van der Waals surface area contributed by atoms with Crippen LogP contribution in [0.15, 0.2) is 71.6 Å². The van der Waals surface area contributed by atoms with Crippen LogP contribution in [0.4, 0.5) is 0 Å². The zero-order valence-electron chi connectivity index (χ0n) is 20.9. The first-order valence-corrected chi connectivity index (χ1v) is 12.9. The van der Waals surface area contributed by atoms with Crippen LogP contribution in [-0.4, -0.2) is 48.2 Å². The molecule has 8 nitrogen and oxygen atoms in total. The van der Waals surface area contributed by atoms with Crippen LogP contribution in [-0.2, 0) is 27.7 Å². The van der Waals surface area contributed by atoms with Gasteiger partial charge in [0.15, 0.2) is 11.5 Å². The molecule has 3 aromatic rings. The Morgan fingerprint density at radius 3 is 2.17 bits per heavy atom. The van der Waals surface area contributed by atoms with Crippen LogP contribution < -0.4 is 24.2 Å². The number of hydrogen-bond acceptors (Lipinski definition) is 6. The Morgan fingerprint density at radius 1 is 0.833 bits per heavy atom. The van der Waals surface area contributed by atoms with Gasteiger partial charge in [-0.2, -0.15) is 4.72 Å². The average Bonchev–Trinajstić information content (AvgIpc) is 2.88. The van der Waals surface area contributed by atoms with Crippen molar-refractivity contribution in [1.29, 1.82) is 0 Å². The van der Waals surface area contributed by atoms with Gasteiger partial charge in [-0.25, -0.2) is 8.42 Å². The Hall–Kier alpha value is -3.56. The predicted molar refractivity (Wildman–Crippen MR) is 138 cm³/mol. The summed E-state index contributed by atoms with van der Waals surface area (Å²) in [6, 6.07) is 18.7. The molecule has 3 aromatic carbocycles. The van der Waals surface area contributed by atoms with Crippen molar-refractivity contribution < 1.29 is 27.4 Å². The molecule has 36 heavy (non-hydrogen) atoms. The summed E-state index contributed by atoms with van der Waals surface area (Å²) in [5.41, 5.74) is 2.53. The molecule has 192 valence electrons. The summed E-state index contributed by atoms with van der Waals surface area (Å²) >= 11 is 0. The lowest BCUT2D eigenvalue weighted by molar-refractivity contribution is -0.122. The zero-order valence-corrected chi connectivity index (χ0v) is 21.7. The number of methoxy groups -OCH3 is 3. The van der Waals surface area contributed by atoms with Crippen molar-refractivity contribution in [3.8, 4) is 17.2 Å². The molecule has 0 fully saturated rings. The Balaban J connectivity index is 1.77. The second-order valence-electron chi connectivity index (χ2n) is 8.25. The van der Waals surface area contributed by atoms with E-state index >= 15 is 0 Å². The van der Waals surface area contributed by atoms with Crippen molar-refractivity contribution in [3.05, 3.63) is 83.4 Å². The highest BCUT2D eigenvalue weighted by atomic mass is 32.2. The van der Waals surface area contributed by atoms with Gasteiger partial charge in [0.25, 0.3) is 0 Å². The summed E-state index contributed by atoms with van der Waals surface area (Å²) in [7, 11) is 0.489. The van der Waals surface area contributed by atoms with E-state index < -0.39 is 22.0 Å². The molecule has 0 bridgehead atoms. The highest BCUT2D eigenvalue weighted by Gasteiger charge is 2.28. The topological polar surface area (TPSA) is 103 Å². The minimum Gasteiger partial charge on any atom is -0.495 e. The zero-order chi connectivity index (χ0) is 26.1. The van der Waals surface area contributed by atoms with Crippen LogP contribution >= 0.6 is 0 Å². The monoisotopic (exact) mass is 512 g/mol. The third-order valence-corrected chi connectivity index (χ3v) is 7.16. The molecule has 0 spiro atoms. The van der Waals surface area contributed by atoms with Gasteiger partial charge in [-0.1, -0.05) is 42.5 Å². The molecular weight excluding hydrogens is 480 g/mol. The van der Waals surface area contributed by atoms with Crippen molar-refractivity contribution in [1.82, 2.24) is 10.0 Å². The van der Waals surface area contributed by atoms with Gasteiger partial charge in [-0.05, 0) is 60.7 Å². The van der Waals surface area contributed by atoms with E-state index in [0.717, 1.165) is 16.7 Å². The number of rotatable bonds is 12. The van der Waals surface area contributed by atoms with Crippen molar-refractivity contribution in [2.45, 2.75) is 30.7 Å². The van der Waals surface area contributed by atoms with Gasteiger partial charge in [-0.15, -0.1) is 0 Å². The Labute approximate surface area is 212 Å². The minimum absolute atomic E-state index is 0.0128. The fraction of sp³-hybridized carbons (Fsp3) is 0.296. The molecule has 3 rings (SSSR count). The molecule has 2 N–H and O–H groups in total. The van der Waals surface area contributed by atoms with Crippen molar-refractivity contribution in [3.63, 3.8) is 0 Å². The lowest BCUT2D eigenvalue weighted by atomic mass is 10.1. The van der Waals surface area contributed by atoms with Gasteiger partial charge in [0.1, 0.15) is 16.7 Å².